The van der Waals surface area contributed by atoms with Crippen molar-refractivity contribution in [2.45, 2.75) is 58.4 Å². The van der Waals surface area contributed by atoms with Gasteiger partial charge in [-0.25, -0.2) is 0 Å². The monoisotopic (exact) mass is 496 g/mol. The van der Waals surface area contributed by atoms with Gasteiger partial charge in [0.05, 0.1) is 0 Å². The zero-order valence-electron chi connectivity index (χ0n) is 17.2. The van der Waals surface area contributed by atoms with Crippen LogP contribution in [0.5, 0.6) is 0 Å². The fraction of sp³-hybridized carbons (Fsp3) is 0.571. The van der Waals surface area contributed by atoms with Gasteiger partial charge in [0.25, 0.3) is 0 Å². The SMILES string of the molecule is CN=C(NCCc1nnc2n1CCCCC2)NCC(C)c1cccc(C)c1.I. The van der Waals surface area contributed by atoms with E-state index in [2.05, 4.69) is 68.5 Å². The maximum atomic E-state index is 4.40. The van der Waals surface area contributed by atoms with Crippen molar-refractivity contribution in [3.63, 3.8) is 0 Å². The molecule has 0 aliphatic carbocycles. The third-order valence-corrected chi connectivity index (χ3v) is 5.24. The van der Waals surface area contributed by atoms with Gasteiger partial charge in [0.2, 0.25) is 0 Å². The summed E-state index contributed by atoms with van der Waals surface area (Å²) >= 11 is 0. The van der Waals surface area contributed by atoms with Crippen molar-refractivity contribution in [2.75, 3.05) is 20.1 Å². The van der Waals surface area contributed by atoms with Crippen molar-refractivity contribution >= 4 is 29.9 Å². The van der Waals surface area contributed by atoms with Crippen molar-refractivity contribution < 1.29 is 0 Å². The number of hydrogen-bond donors (Lipinski definition) is 2. The number of halogens is 1. The number of nitrogens with zero attached hydrogens (tertiary/aromatic N) is 4. The van der Waals surface area contributed by atoms with E-state index in [-0.39, 0.29) is 24.0 Å². The second-order valence-electron chi connectivity index (χ2n) is 7.44. The van der Waals surface area contributed by atoms with Gasteiger partial charge in [-0.3, -0.25) is 4.99 Å². The third-order valence-electron chi connectivity index (χ3n) is 5.24. The summed E-state index contributed by atoms with van der Waals surface area (Å²) in [7, 11) is 1.82. The molecule has 1 aliphatic heterocycles. The molecule has 2 N–H and O–H groups in total. The van der Waals surface area contributed by atoms with Gasteiger partial charge in [0, 0.05) is 39.5 Å². The van der Waals surface area contributed by atoms with Gasteiger partial charge in [0.15, 0.2) is 5.96 Å². The zero-order valence-corrected chi connectivity index (χ0v) is 19.6. The molecule has 0 radical (unpaired) electrons. The quantitative estimate of drug-likeness (QED) is 0.366. The molecular formula is C21H33IN6. The van der Waals surface area contributed by atoms with E-state index in [4.69, 9.17) is 0 Å². The molecule has 7 heteroatoms. The Kier molecular flexibility index (Phi) is 9.21. The van der Waals surface area contributed by atoms with Gasteiger partial charge in [-0.15, -0.1) is 34.2 Å². The second-order valence-corrected chi connectivity index (χ2v) is 7.44. The number of benzene rings is 1. The molecular weight excluding hydrogens is 463 g/mol. The number of aryl methyl sites for hydroxylation is 2. The van der Waals surface area contributed by atoms with Crippen LogP contribution in [0.15, 0.2) is 29.3 Å². The van der Waals surface area contributed by atoms with Crippen LogP contribution in [0.3, 0.4) is 0 Å². The molecule has 3 rings (SSSR count). The molecule has 2 aromatic rings. The number of nitrogens with one attached hydrogen (secondary N) is 2. The van der Waals surface area contributed by atoms with Crippen LogP contribution in [0, 0.1) is 6.92 Å². The number of hydrogen-bond acceptors (Lipinski definition) is 3. The smallest absolute Gasteiger partial charge is 0.191 e. The zero-order chi connectivity index (χ0) is 19.1. The van der Waals surface area contributed by atoms with E-state index in [1.165, 1.54) is 30.4 Å². The van der Waals surface area contributed by atoms with Crippen molar-refractivity contribution in [2.24, 2.45) is 4.99 Å². The summed E-state index contributed by atoms with van der Waals surface area (Å²) in [5, 5.41) is 15.6. The van der Waals surface area contributed by atoms with Crippen LogP contribution in [-0.2, 0) is 19.4 Å². The summed E-state index contributed by atoms with van der Waals surface area (Å²) in [6.07, 6.45) is 5.66. The van der Waals surface area contributed by atoms with Crippen molar-refractivity contribution in [3.8, 4) is 0 Å². The Bertz CT molecular complexity index is 770. The van der Waals surface area contributed by atoms with Crippen molar-refractivity contribution in [1.82, 2.24) is 25.4 Å². The second kappa shape index (κ2) is 11.4. The maximum absolute atomic E-state index is 4.40. The van der Waals surface area contributed by atoms with E-state index < -0.39 is 0 Å². The molecule has 0 fully saturated rings. The highest BCUT2D eigenvalue weighted by atomic mass is 127. The molecule has 0 saturated heterocycles. The molecule has 154 valence electrons. The lowest BCUT2D eigenvalue weighted by atomic mass is 9.99. The predicted octanol–water partition coefficient (Wildman–Crippen LogP) is 3.44. The number of fused-ring (bicyclic) bond motifs is 1. The Morgan fingerprint density at radius 2 is 2.07 bits per heavy atom. The molecule has 1 aromatic heterocycles. The first kappa shape index (κ1) is 22.6. The van der Waals surface area contributed by atoms with E-state index in [0.717, 1.165) is 50.1 Å². The van der Waals surface area contributed by atoms with Gasteiger partial charge in [0.1, 0.15) is 11.6 Å². The number of guanidine groups is 1. The standard InChI is InChI=1S/C21H32N6.HI/c1-16-8-7-9-18(14-16)17(2)15-24-21(22-3)23-12-11-20-26-25-19-10-5-4-6-13-27(19)20;/h7-9,14,17H,4-6,10-13,15H2,1-3H3,(H2,22,23,24);1H. The largest absolute Gasteiger partial charge is 0.356 e. The van der Waals surface area contributed by atoms with Crippen LogP contribution >= 0.6 is 24.0 Å². The molecule has 0 saturated carbocycles. The lowest BCUT2D eigenvalue weighted by Crippen LogP contribution is -2.40. The van der Waals surface area contributed by atoms with Crippen LogP contribution in [0.1, 0.15) is 54.9 Å². The van der Waals surface area contributed by atoms with Gasteiger partial charge >= 0.3 is 0 Å². The van der Waals surface area contributed by atoms with Gasteiger partial charge in [-0.1, -0.05) is 43.2 Å². The van der Waals surface area contributed by atoms with E-state index in [1.807, 2.05) is 7.05 Å². The molecule has 1 atom stereocenters. The van der Waals surface area contributed by atoms with E-state index in [9.17, 15) is 0 Å². The summed E-state index contributed by atoms with van der Waals surface area (Å²) in [4.78, 5) is 4.34. The van der Waals surface area contributed by atoms with E-state index in [1.54, 1.807) is 0 Å². The highest BCUT2D eigenvalue weighted by Crippen LogP contribution is 2.16. The maximum Gasteiger partial charge on any atom is 0.191 e. The minimum Gasteiger partial charge on any atom is -0.356 e. The summed E-state index contributed by atoms with van der Waals surface area (Å²) < 4.78 is 2.31. The summed E-state index contributed by atoms with van der Waals surface area (Å²) in [5.41, 5.74) is 2.65. The van der Waals surface area contributed by atoms with Gasteiger partial charge in [-0.2, -0.15) is 0 Å². The Labute approximate surface area is 185 Å². The lowest BCUT2D eigenvalue weighted by molar-refractivity contribution is 0.599. The summed E-state index contributed by atoms with van der Waals surface area (Å²) in [5.74, 6) is 3.50. The molecule has 1 unspecified atom stereocenters. The van der Waals surface area contributed by atoms with Crippen LogP contribution < -0.4 is 10.6 Å². The first-order valence-electron chi connectivity index (χ1n) is 10.1. The molecule has 1 aromatic carbocycles. The molecule has 28 heavy (non-hydrogen) atoms. The Balaban J connectivity index is 0.00000280. The highest BCUT2D eigenvalue weighted by molar-refractivity contribution is 14.0. The Hall–Kier alpha value is -1.64. The lowest BCUT2D eigenvalue weighted by Gasteiger charge is -2.17. The first-order valence-corrected chi connectivity index (χ1v) is 10.1. The van der Waals surface area contributed by atoms with Crippen LogP contribution in [-0.4, -0.2) is 40.9 Å². The molecule has 0 bridgehead atoms. The van der Waals surface area contributed by atoms with E-state index >= 15 is 0 Å². The van der Waals surface area contributed by atoms with Crippen molar-refractivity contribution in [1.29, 1.82) is 0 Å². The molecule has 0 amide bonds. The minimum absolute atomic E-state index is 0. The van der Waals surface area contributed by atoms with Gasteiger partial charge < -0.3 is 15.2 Å². The van der Waals surface area contributed by atoms with Gasteiger partial charge in [-0.05, 0) is 31.2 Å². The third kappa shape index (κ3) is 6.18. The van der Waals surface area contributed by atoms with Crippen LogP contribution in [0.4, 0.5) is 0 Å². The average Bonchev–Trinajstić information content (AvgIpc) is 2.90. The molecule has 2 heterocycles. The Morgan fingerprint density at radius 3 is 2.86 bits per heavy atom. The number of rotatable bonds is 6. The molecule has 6 nitrogen and oxygen atoms in total. The highest BCUT2D eigenvalue weighted by Gasteiger charge is 2.14. The number of aliphatic imine (C=N–C) groups is 1. The molecule has 1 aliphatic rings. The van der Waals surface area contributed by atoms with Crippen LogP contribution in [0.2, 0.25) is 0 Å². The minimum atomic E-state index is 0. The fourth-order valence-electron chi connectivity index (χ4n) is 3.59. The Morgan fingerprint density at radius 1 is 1.21 bits per heavy atom. The molecule has 0 spiro atoms. The predicted molar refractivity (Wildman–Crippen MR) is 126 cm³/mol. The summed E-state index contributed by atoms with van der Waals surface area (Å²) in [6.45, 7) is 7.08. The van der Waals surface area contributed by atoms with Crippen LogP contribution in [0.25, 0.3) is 0 Å². The normalized spacial score (nSPS) is 15.2. The fourth-order valence-corrected chi connectivity index (χ4v) is 3.59. The average molecular weight is 496 g/mol. The van der Waals surface area contributed by atoms with Crippen molar-refractivity contribution in [3.05, 3.63) is 47.0 Å². The summed E-state index contributed by atoms with van der Waals surface area (Å²) in [6, 6.07) is 8.69. The van der Waals surface area contributed by atoms with E-state index in [0.29, 0.717) is 5.92 Å². The number of aromatic nitrogens is 3. The first-order chi connectivity index (χ1) is 13.2. The topological polar surface area (TPSA) is 67.1 Å².